The van der Waals surface area contributed by atoms with Crippen LogP contribution in [-0.2, 0) is 4.79 Å². The fourth-order valence-electron chi connectivity index (χ4n) is 3.13. The van der Waals surface area contributed by atoms with E-state index in [1.165, 1.54) is 19.3 Å². The quantitative estimate of drug-likeness (QED) is 0.617. The summed E-state index contributed by atoms with van der Waals surface area (Å²) in [5.41, 5.74) is 0. The second-order valence-corrected chi connectivity index (χ2v) is 6.33. The molecule has 0 spiro atoms. The summed E-state index contributed by atoms with van der Waals surface area (Å²) in [6.07, 6.45) is 8.94. The highest BCUT2D eigenvalue weighted by atomic mass is 35.5. The van der Waals surface area contributed by atoms with E-state index in [9.17, 15) is 4.79 Å². The van der Waals surface area contributed by atoms with Crippen LogP contribution < -0.4 is 5.32 Å². The third-order valence-corrected chi connectivity index (χ3v) is 4.49. The number of rotatable bonds is 10. The van der Waals surface area contributed by atoms with Gasteiger partial charge in [0.15, 0.2) is 0 Å². The van der Waals surface area contributed by atoms with Crippen LogP contribution in [-0.4, -0.2) is 36.5 Å². The molecule has 1 aliphatic rings. The summed E-state index contributed by atoms with van der Waals surface area (Å²) in [5.74, 6) is 1.10. The molecule has 1 aliphatic heterocycles. The third kappa shape index (κ3) is 8.06. The monoisotopic (exact) mass is 318 g/mol. The molecule has 0 aromatic heterocycles. The first kappa shape index (κ1) is 20.7. The molecule has 3 nitrogen and oxygen atoms in total. The zero-order valence-corrected chi connectivity index (χ0v) is 15.0. The van der Waals surface area contributed by atoms with E-state index in [1.807, 2.05) is 0 Å². The molecule has 0 aromatic carbocycles. The Morgan fingerprint density at radius 3 is 2.62 bits per heavy atom. The predicted octanol–water partition coefficient (Wildman–Crippen LogP) is 4.01. The van der Waals surface area contributed by atoms with Crippen molar-refractivity contribution in [1.29, 1.82) is 0 Å². The number of hydrogen-bond acceptors (Lipinski definition) is 2. The first-order valence-electron chi connectivity index (χ1n) is 8.69. The summed E-state index contributed by atoms with van der Waals surface area (Å²) in [6, 6.07) is 0.408. The molecule has 0 radical (unpaired) electrons. The summed E-state index contributed by atoms with van der Waals surface area (Å²) in [7, 11) is 0. The molecule has 2 unspecified atom stereocenters. The molecular formula is C17H35ClN2O. The van der Waals surface area contributed by atoms with E-state index in [2.05, 4.69) is 31.0 Å². The van der Waals surface area contributed by atoms with E-state index in [0.717, 1.165) is 57.7 Å². The SMILES string of the molecule is CCCCCN(C(=O)CCC1CCNC1)C(C)CCC.Cl. The van der Waals surface area contributed by atoms with Gasteiger partial charge in [0, 0.05) is 19.0 Å². The molecule has 0 saturated carbocycles. The zero-order chi connectivity index (χ0) is 14.8. The lowest BCUT2D eigenvalue weighted by molar-refractivity contribution is -0.133. The number of carbonyl (C=O) groups is 1. The van der Waals surface area contributed by atoms with Crippen LogP contribution in [0.25, 0.3) is 0 Å². The van der Waals surface area contributed by atoms with Crippen molar-refractivity contribution in [3.63, 3.8) is 0 Å². The first-order valence-corrected chi connectivity index (χ1v) is 8.69. The maximum absolute atomic E-state index is 12.5. The molecule has 1 amide bonds. The molecule has 1 fully saturated rings. The molecule has 1 N–H and O–H groups in total. The predicted molar refractivity (Wildman–Crippen MR) is 93.1 cm³/mol. The standard InChI is InChI=1S/C17H34N2O.ClH/c1-4-6-7-13-19(15(3)8-5-2)17(20)10-9-16-11-12-18-14-16;/h15-16,18H,4-14H2,1-3H3;1H. The van der Waals surface area contributed by atoms with Crippen molar-refractivity contribution < 1.29 is 4.79 Å². The highest BCUT2D eigenvalue weighted by molar-refractivity contribution is 5.85. The normalized spacial score (nSPS) is 19.1. The van der Waals surface area contributed by atoms with E-state index in [0.29, 0.717) is 11.9 Å². The third-order valence-electron chi connectivity index (χ3n) is 4.49. The van der Waals surface area contributed by atoms with Crippen molar-refractivity contribution >= 4 is 18.3 Å². The number of amides is 1. The lowest BCUT2D eigenvalue weighted by atomic mass is 10.0. The number of hydrogen-bond donors (Lipinski definition) is 1. The molecule has 126 valence electrons. The largest absolute Gasteiger partial charge is 0.340 e. The number of halogens is 1. The van der Waals surface area contributed by atoms with Crippen LogP contribution in [0, 0.1) is 5.92 Å². The molecule has 1 heterocycles. The second kappa shape index (κ2) is 12.3. The van der Waals surface area contributed by atoms with E-state index in [1.54, 1.807) is 0 Å². The Morgan fingerprint density at radius 1 is 1.29 bits per heavy atom. The van der Waals surface area contributed by atoms with Gasteiger partial charge in [-0.3, -0.25) is 4.79 Å². The number of carbonyl (C=O) groups excluding carboxylic acids is 1. The van der Waals surface area contributed by atoms with Crippen molar-refractivity contribution in [1.82, 2.24) is 10.2 Å². The van der Waals surface area contributed by atoms with Gasteiger partial charge in [-0.2, -0.15) is 0 Å². The highest BCUT2D eigenvalue weighted by Crippen LogP contribution is 2.17. The van der Waals surface area contributed by atoms with Crippen molar-refractivity contribution in [2.45, 2.75) is 78.2 Å². The van der Waals surface area contributed by atoms with Crippen LogP contribution in [0.4, 0.5) is 0 Å². The van der Waals surface area contributed by atoms with E-state index < -0.39 is 0 Å². The smallest absolute Gasteiger partial charge is 0.222 e. The molecule has 0 bridgehead atoms. The maximum Gasteiger partial charge on any atom is 0.222 e. The van der Waals surface area contributed by atoms with Crippen molar-refractivity contribution in [2.24, 2.45) is 5.92 Å². The summed E-state index contributed by atoms with van der Waals surface area (Å²) < 4.78 is 0. The maximum atomic E-state index is 12.5. The minimum Gasteiger partial charge on any atom is -0.340 e. The van der Waals surface area contributed by atoms with Crippen LogP contribution in [0.15, 0.2) is 0 Å². The minimum absolute atomic E-state index is 0. The topological polar surface area (TPSA) is 32.3 Å². The van der Waals surface area contributed by atoms with Gasteiger partial charge in [0.2, 0.25) is 5.91 Å². The second-order valence-electron chi connectivity index (χ2n) is 6.33. The fraction of sp³-hybridized carbons (Fsp3) is 0.941. The molecule has 0 aromatic rings. The van der Waals surface area contributed by atoms with Crippen LogP contribution >= 0.6 is 12.4 Å². The van der Waals surface area contributed by atoms with Gasteiger partial charge in [0.25, 0.3) is 0 Å². The summed E-state index contributed by atoms with van der Waals surface area (Å²) >= 11 is 0. The van der Waals surface area contributed by atoms with Gasteiger partial charge in [0.05, 0.1) is 0 Å². The Kier molecular flexibility index (Phi) is 12.1. The van der Waals surface area contributed by atoms with Crippen LogP contribution in [0.5, 0.6) is 0 Å². The molecule has 4 heteroatoms. The van der Waals surface area contributed by atoms with E-state index in [-0.39, 0.29) is 12.4 Å². The van der Waals surface area contributed by atoms with Gasteiger partial charge in [-0.05, 0) is 51.6 Å². The fourth-order valence-corrected chi connectivity index (χ4v) is 3.13. The van der Waals surface area contributed by atoms with Gasteiger partial charge in [0.1, 0.15) is 0 Å². The van der Waals surface area contributed by atoms with Crippen LogP contribution in [0.3, 0.4) is 0 Å². The Labute approximate surface area is 137 Å². The van der Waals surface area contributed by atoms with Crippen LogP contribution in [0.2, 0.25) is 0 Å². The zero-order valence-electron chi connectivity index (χ0n) is 14.2. The minimum atomic E-state index is 0. The number of unbranched alkanes of at least 4 members (excludes halogenated alkanes) is 2. The van der Waals surface area contributed by atoms with Crippen molar-refractivity contribution in [3.8, 4) is 0 Å². The Bertz CT molecular complexity index is 268. The molecular weight excluding hydrogens is 284 g/mol. The van der Waals surface area contributed by atoms with Crippen molar-refractivity contribution in [2.75, 3.05) is 19.6 Å². The summed E-state index contributed by atoms with van der Waals surface area (Å²) in [5, 5.41) is 3.39. The van der Waals surface area contributed by atoms with Crippen LogP contribution in [0.1, 0.15) is 72.1 Å². The number of nitrogens with one attached hydrogen (secondary N) is 1. The van der Waals surface area contributed by atoms with Crippen molar-refractivity contribution in [3.05, 3.63) is 0 Å². The molecule has 1 saturated heterocycles. The van der Waals surface area contributed by atoms with Gasteiger partial charge >= 0.3 is 0 Å². The Balaban J connectivity index is 0.00000400. The van der Waals surface area contributed by atoms with E-state index >= 15 is 0 Å². The Morgan fingerprint density at radius 2 is 2.05 bits per heavy atom. The van der Waals surface area contributed by atoms with Gasteiger partial charge in [-0.15, -0.1) is 12.4 Å². The van der Waals surface area contributed by atoms with Gasteiger partial charge in [-0.1, -0.05) is 33.1 Å². The molecule has 1 rings (SSSR count). The average Bonchev–Trinajstić information content (AvgIpc) is 2.94. The Hall–Kier alpha value is -0.280. The van der Waals surface area contributed by atoms with Gasteiger partial charge < -0.3 is 10.2 Å². The molecule has 0 aliphatic carbocycles. The average molecular weight is 319 g/mol. The lowest BCUT2D eigenvalue weighted by Crippen LogP contribution is -2.39. The first-order chi connectivity index (χ1) is 9.69. The molecule has 21 heavy (non-hydrogen) atoms. The lowest BCUT2D eigenvalue weighted by Gasteiger charge is -2.30. The number of nitrogens with zero attached hydrogens (tertiary/aromatic N) is 1. The molecule has 2 atom stereocenters. The highest BCUT2D eigenvalue weighted by Gasteiger charge is 2.21. The van der Waals surface area contributed by atoms with Gasteiger partial charge in [-0.25, -0.2) is 0 Å². The van der Waals surface area contributed by atoms with E-state index in [4.69, 9.17) is 0 Å². The summed E-state index contributed by atoms with van der Waals surface area (Å²) in [6.45, 7) is 9.82. The summed E-state index contributed by atoms with van der Waals surface area (Å²) in [4.78, 5) is 14.7.